The van der Waals surface area contributed by atoms with E-state index in [-0.39, 0.29) is 5.97 Å². The van der Waals surface area contributed by atoms with Gasteiger partial charge in [-0.25, -0.2) is 4.79 Å². The Balaban J connectivity index is 3.99. The molecule has 0 saturated heterocycles. The lowest BCUT2D eigenvalue weighted by molar-refractivity contribution is -0.138. The first kappa shape index (κ1) is 11.8. The molecule has 0 saturated carbocycles. The molecule has 0 rings (SSSR count). The number of rotatable bonds is 4. The van der Waals surface area contributed by atoms with Gasteiger partial charge in [0.15, 0.2) is 0 Å². The van der Waals surface area contributed by atoms with Crippen molar-refractivity contribution in [3.8, 4) is 0 Å². The standard InChI is InChI=1S/C8H11BrO2S/c1-4-11-8(10)6(2)5-12-7(3)9/h5H,3-4H2,1-2H3/b6-5+. The van der Waals surface area contributed by atoms with Gasteiger partial charge in [0.05, 0.1) is 6.61 Å². The number of esters is 1. The van der Waals surface area contributed by atoms with Crippen molar-refractivity contribution < 1.29 is 9.53 Å². The number of carbonyl (C=O) groups is 1. The fraction of sp³-hybridized carbons (Fsp3) is 0.375. The summed E-state index contributed by atoms with van der Waals surface area (Å²) in [6.07, 6.45) is 0. The largest absolute Gasteiger partial charge is 0.463 e. The van der Waals surface area contributed by atoms with E-state index in [1.165, 1.54) is 11.8 Å². The predicted molar refractivity (Wildman–Crippen MR) is 56.0 cm³/mol. The van der Waals surface area contributed by atoms with E-state index in [0.29, 0.717) is 12.2 Å². The van der Waals surface area contributed by atoms with Gasteiger partial charge < -0.3 is 4.74 Å². The van der Waals surface area contributed by atoms with E-state index in [2.05, 4.69) is 22.5 Å². The number of hydrogen-bond donors (Lipinski definition) is 0. The molecular weight excluding hydrogens is 240 g/mol. The molecular formula is C8H11BrO2S. The molecule has 0 N–H and O–H groups in total. The second-order valence-electron chi connectivity index (χ2n) is 1.99. The zero-order chi connectivity index (χ0) is 9.56. The van der Waals surface area contributed by atoms with Gasteiger partial charge in [0, 0.05) is 9.39 Å². The van der Waals surface area contributed by atoms with Crippen LogP contribution in [0.15, 0.2) is 21.4 Å². The lowest BCUT2D eigenvalue weighted by atomic mass is 10.4. The molecule has 0 amide bonds. The van der Waals surface area contributed by atoms with E-state index in [9.17, 15) is 4.79 Å². The van der Waals surface area contributed by atoms with Gasteiger partial charge >= 0.3 is 5.97 Å². The maximum atomic E-state index is 11.0. The molecule has 4 heteroatoms. The SMILES string of the molecule is C=C(Br)S/C=C(\C)C(=O)OCC. The van der Waals surface area contributed by atoms with E-state index >= 15 is 0 Å². The summed E-state index contributed by atoms with van der Waals surface area (Å²) in [6, 6.07) is 0. The van der Waals surface area contributed by atoms with Crippen LogP contribution >= 0.6 is 27.7 Å². The van der Waals surface area contributed by atoms with Crippen molar-refractivity contribution in [3.05, 3.63) is 21.4 Å². The molecule has 0 aromatic carbocycles. The molecule has 0 aliphatic heterocycles. The van der Waals surface area contributed by atoms with Crippen LogP contribution in [0.25, 0.3) is 0 Å². The molecule has 0 heterocycles. The normalized spacial score (nSPS) is 11.1. The fourth-order valence-corrected chi connectivity index (χ4v) is 1.13. The third-order valence-electron chi connectivity index (χ3n) is 0.961. The Labute approximate surface area is 85.2 Å². The third-order valence-corrected chi connectivity index (χ3v) is 2.25. The number of ether oxygens (including phenoxy) is 1. The molecule has 0 atom stereocenters. The number of hydrogen-bond acceptors (Lipinski definition) is 3. The molecule has 0 aromatic heterocycles. The number of thioether (sulfide) groups is 1. The monoisotopic (exact) mass is 250 g/mol. The van der Waals surface area contributed by atoms with Crippen LogP contribution in [-0.4, -0.2) is 12.6 Å². The van der Waals surface area contributed by atoms with Gasteiger partial charge in [0.1, 0.15) is 0 Å². The highest BCUT2D eigenvalue weighted by molar-refractivity contribution is 9.14. The van der Waals surface area contributed by atoms with E-state index < -0.39 is 0 Å². The zero-order valence-corrected chi connectivity index (χ0v) is 9.50. The molecule has 12 heavy (non-hydrogen) atoms. The van der Waals surface area contributed by atoms with Crippen LogP contribution in [0.3, 0.4) is 0 Å². The Hall–Kier alpha value is -0.220. The van der Waals surface area contributed by atoms with E-state index in [0.717, 1.165) is 3.81 Å². The van der Waals surface area contributed by atoms with Crippen LogP contribution in [0, 0.1) is 0 Å². The Morgan fingerprint density at radius 2 is 2.33 bits per heavy atom. The second kappa shape index (κ2) is 6.31. The lowest BCUT2D eigenvalue weighted by Gasteiger charge is -2.00. The van der Waals surface area contributed by atoms with Crippen LogP contribution < -0.4 is 0 Å². The average Bonchev–Trinajstić information content (AvgIpc) is 2.00. The van der Waals surface area contributed by atoms with Gasteiger partial charge in [-0.3, -0.25) is 0 Å². The fourth-order valence-electron chi connectivity index (χ4n) is 0.445. The molecule has 0 aliphatic carbocycles. The first-order valence-corrected chi connectivity index (χ1v) is 5.10. The molecule has 2 nitrogen and oxygen atoms in total. The lowest BCUT2D eigenvalue weighted by Crippen LogP contribution is -2.04. The van der Waals surface area contributed by atoms with Gasteiger partial charge in [-0.15, -0.1) is 0 Å². The van der Waals surface area contributed by atoms with Gasteiger partial charge in [-0.2, -0.15) is 0 Å². The molecule has 0 spiro atoms. The van der Waals surface area contributed by atoms with Crippen molar-refractivity contribution in [2.45, 2.75) is 13.8 Å². The summed E-state index contributed by atoms with van der Waals surface area (Å²) in [6.45, 7) is 7.51. The smallest absolute Gasteiger partial charge is 0.334 e. The van der Waals surface area contributed by atoms with Gasteiger partial charge in [-0.1, -0.05) is 18.3 Å². The van der Waals surface area contributed by atoms with Crippen LogP contribution in [-0.2, 0) is 9.53 Å². The molecule has 68 valence electrons. The van der Waals surface area contributed by atoms with E-state index in [4.69, 9.17) is 4.74 Å². The molecule has 0 radical (unpaired) electrons. The molecule has 0 fully saturated rings. The van der Waals surface area contributed by atoms with Crippen molar-refractivity contribution in [1.82, 2.24) is 0 Å². The van der Waals surface area contributed by atoms with Crippen molar-refractivity contribution >= 4 is 33.7 Å². The van der Waals surface area contributed by atoms with E-state index in [1.54, 1.807) is 19.3 Å². The first-order valence-electron chi connectivity index (χ1n) is 3.43. The predicted octanol–water partition coefficient (Wildman–Crippen LogP) is 3.05. The summed E-state index contributed by atoms with van der Waals surface area (Å²) >= 11 is 4.52. The zero-order valence-electron chi connectivity index (χ0n) is 7.09. The average molecular weight is 251 g/mol. The van der Waals surface area contributed by atoms with Gasteiger partial charge in [-0.05, 0) is 35.2 Å². The van der Waals surface area contributed by atoms with Crippen LogP contribution in [0.2, 0.25) is 0 Å². The Morgan fingerprint density at radius 1 is 1.75 bits per heavy atom. The topological polar surface area (TPSA) is 26.3 Å². The summed E-state index contributed by atoms with van der Waals surface area (Å²) in [7, 11) is 0. The Morgan fingerprint density at radius 3 is 2.75 bits per heavy atom. The summed E-state index contributed by atoms with van der Waals surface area (Å²) < 4.78 is 5.54. The van der Waals surface area contributed by atoms with Gasteiger partial charge in [0.2, 0.25) is 0 Å². The summed E-state index contributed by atoms with van der Waals surface area (Å²) in [5, 5.41) is 1.70. The quantitative estimate of drug-likeness (QED) is 0.567. The highest BCUT2D eigenvalue weighted by Crippen LogP contribution is 2.22. The van der Waals surface area contributed by atoms with Crippen LogP contribution in [0.4, 0.5) is 0 Å². The summed E-state index contributed by atoms with van der Waals surface area (Å²) in [5.74, 6) is -0.279. The minimum atomic E-state index is -0.279. The molecule has 0 aliphatic rings. The number of carbonyl (C=O) groups excluding carboxylic acids is 1. The van der Waals surface area contributed by atoms with Crippen molar-refractivity contribution in [2.75, 3.05) is 6.61 Å². The Kier molecular flexibility index (Phi) is 6.20. The minimum Gasteiger partial charge on any atom is -0.463 e. The third kappa shape index (κ3) is 5.43. The van der Waals surface area contributed by atoms with Crippen LogP contribution in [0.1, 0.15) is 13.8 Å². The van der Waals surface area contributed by atoms with Crippen molar-refractivity contribution in [3.63, 3.8) is 0 Å². The highest BCUT2D eigenvalue weighted by atomic mass is 79.9. The highest BCUT2D eigenvalue weighted by Gasteiger charge is 2.03. The maximum Gasteiger partial charge on any atom is 0.334 e. The Bertz CT molecular complexity index is 211. The minimum absolute atomic E-state index is 0.279. The first-order chi connectivity index (χ1) is 5.57. The van der Waals surface area contributed by atoms with E-state index in [1.807, 2.05) is 0 Å². The second-order valence-corrected chi connectivity index (χ2v) is 4.44. The summed E-state index contributed by atoms with van der Waals surface area (Å²) in [4.78, 5) is 11.0. The maximum absolute atomic E-state index is 11.0. The molecule has 0 aromatic rings. The van der Waals surface area contributed by atoms with Crippen molar-refractivity contribution in [2.24, 2.45) is 0 Å². The molecule has 0 bridgehead atoms. The molecule has 0 unspecified atom stereocenters. The van der Waals surface area contributed by atoms with Gasteiger partial charge in [0.25, 0.3) is 0 Å². The number of halogens is 1. The van der Waals surface area contributed by atoms with Crippen LogP contribution in [0.5, 0.6) is 0 Å². The summed E-state index contributed by atoms with van der Waals surface area (Å²) in [5.41, 5.74) is 0.586. The van der Waals surface area contributed by atoms with Crippen molar-refractivity contribution in [1.29, 1.82) is 0 Å².